The maximum absolute atomic E-state index is 14.1. The van der Waals surface area contributed by atoms with Crippen LogP contribution in [0.15, 0.2) is 84.9 Å². The molecule has 0 radical (unpaired) electrons. The van der Waals surface area contributed by atoms with Crippen LogP contribution in [-0.4, -0.2) is 95.7 Å². The number of nitrogens with zero attached hydrogens (tertiary/aromatic N) is 4. The molecule has 43 heavy (non-hydrogen) atoms. The van der Waals surface area contributed by atoms with Gasteiger partial charge in [-0.1, -0.05) is 72.8 Å². The van der Waals surface area contributed by atoms with E-state index in [0.717, 1.165) is 28.2 Å². The first-order chi connectivity index (χ1) is 20.9. The number of thioether (sulfide) groups is 1. The van der Waals surface area contributed by atoms with Crippen molar-refractivity contribution in [3.05, 3.63) is 102 Å². The van der Waals surface area contributed by atoms with Crippen LogP contribution in [0.4, 0.5) is 4.79 Å². The van der Waals surface area contributed by atoms with E-state index < -0.39 is 12.2 Å². The minimum absolute atomic E-state index is 0.0200. The number of methoxy groups -OCH3 is 1. The van der Waals surface area contributed by atoms with Crippen molar-refractivity contribution in [1.82, 2.24) is 25.1 Å². The molecule has 2 atom stereocenters. The van der Waals surface area contributed by atoms with Gasteiger partial charge in [0.1, 0.15) is 18.0 Å². The number of hydrogen-bond acceptors (Lipinski definition) is 6. The molecule has 0 aromatic heterocycles. The van der Waals surface area contributed by atoms with E-state index in [2.05, 4.69) is 29.6 Å². The molecule has 2 heterocycles. The van der Waals surface area contributed by atoms with Crippen LogP contribution in [0.5, 0.6) is 5.75 Å². The van der Waals surface area contributed by atoms with Gasteiger partial charge in [-0.25, -0.2) is 14.8 Å². The standard InChI is InChI=1S/C33H39N5O4S/c1-35-23-31(39)37-29(18-19-43-3)32(40)36(21-28(25-10-6-4-7-11-25)26-12-8-5-9-13-26)22-30(37)38(35)33(41)34-20-24-14-16-27(42-2)17-15-24/h4-17,28-30H,18-23H2,1-3H3,(H,34,41)/t29-,30-/m0/s1. The number of urea groups is 1. The van der Waals surface area contributed by atoms with E-state index in [1.54, 1.807) is 40.8 Å². The van der Waals surface area contributed by atoms with Gasteiger partial charge in [0.15, 0.2) is 0 Å². The van der Waals surface area contributed by atoms with Gasteiger partial charge in [0.05, 0.1) is 20.2 Å². The second kappa shape index (κ2) is 14.0. The summed E-state index contributed by atoms with van der Waals surface area (Å²) in [7, 11) is 3.36. The van der Waals surface area contributed by atoms with Crippen LogP contribution < -0.4 is 10.1 Å². The van der Waals surface area contributed by atoms with E-state index in [1.165, 1.54) is 0 Å². The first-order valence-electron chi connectivity index (χ1n) is 14.5. The third-order valence-corrected chi connectivity index (χ3v) is 8.80. The Kier molecular flexibility index (Phi) is 9.89. The Morgan fingerprint density at radius 1 is 0.977 bits per heavy atom. The number of fused-ring (bicyclic) bond motifs is 1. The van der Waals surface area contributed by atoms with Crippen LogP contribution in [0, 0.1) is 0 Å². The van der Waals surface area contributed by atoms with Crippen molar-refractivity contribution in [2.24, 2.45) is 0 Å². The molecule has 0 bridgehead atoms. The van der Waals surface area contributed by atoms with Gasteiger partial charge in [-0.3, -0.25) is 9.59 Å². The average molecular weight is 602 g/mol. The van der Waals surface area contributed by atoms with E-state index in [-0.39, 0.29) is 36.9 Å². The van der Waals surface area contributed by atoms with Crippen molar-refractivity contribution in [3.63, 3.8) is 0 Å². The van der Waals surface area contributed by atoms with Crippen molar-refractivity contribution >= 4 is 29.6 Å². The molecule has 2 aliphatic heterocycles. The molecule has 1 N–H and O–H groups in total. The topological polar surface area (TPSA) is 85.4 Å². The molecule has 0 aliphatic carbocycles. The molecule has 226 valence electrons. The predicted molar refractivity (Wildman–Crippen MR) is 168 cm³/mol. The Hall–Kier alpha value is -4.02. The number of carbonyl (C=O) groups excluding carboxylic acids is 3. The first kappa shape index (κ1) is 30.4. The summed E-state index contributed by atoms with van der Waals surface area (Å²) in [5.74, 6) is 1.19. The quantitative estimate of drug-likeness (QED) is 0.378. The van der Waals surface area contributed by atoms with Gasteiger partial charge in [-0.2, -0.15) is 11.8 Å². The summed E-state index contributed by atoms with van der Waals surface area (Å²) in [6.45, 7) is 0.992. The largest absolute Gasteiger partial charge is 0.497 e. The van der Waals surface area contributed by atoms with E-state index in [1.807, 2.05) is 71.8 Å². The fourth-order valence-corrected chi connectivity index (χ4v) is 6.43. The summed E-state index contributed by atoms with van der Waals surface area (Å²) in [6, 6.07) is 26.9. The number of rotatable bonds is 10. The zero-order valence-corrected chi connectivity index (χ0v) is 25.7. The number of carbonyl (C=O) groups is 3. The number of hydrazine groups is 1. The molecule has 3 aromatic rings. The summed E-state index contributed by atoms with van der Waals surface area (Å²) < 4.78 is 5.24. The van der Waals surface area contributed by atoms with E-state index >= 15 is 0 Å². The SMILES string of the molecule is COc1ccc(CNC(=O)N2[C@H]3CN(CC(c4ccccc4)c4ccccc4)C(=O)[C@H](CCSC)N3C(=O)CN2C)cc1. The molecular weight excluding hydrogens is 562 g/mol. The predicted octanol–water partition coefficient (Wildman–Crippen LogP) is 4.02. The summed E-state index contributed by atoms with van der Waals surface area (Å²) in [6.07, 6.45) is 1.89. The van der Waals surface area contributed by atoms with Crippen LogP contribution in [-0.2, 0) is 16.1 Å². The third-order valence-electron chi connectivity index (χ3n) is 8.15. The molecule has 0 saturated carbocycles. The Bertz CT molecular complexity index is 1350. The van der Waals surface area contributed by atoms with Crippen molar-refractivity contribution in [2.75, 3.05) is 45.8 Å². The zero-order valence-electron chi connectivity index (χ0n) is 24.9. The molecule has 0 unspecified atom stereocenters. The highest BCUT2D eigenvalue weighted by atomic mass is 32.2. The third kappa shape index (κ3) is 6.81. The van der Waals surface area contributed by atoms with Crippen molar-refractivity contribution in [2.45, 2.75) is 31.1 Å². The van der Waals surface area contributed by atoms with Crippen LogP contribution >= 0.6 is 11.8 Å². The van der Waals surface area contributed by atoms with Gasteiger partial charge in [0.2, 0.25) is 11.8 Å². The van der Waals surface area contributed by atoms with Crippen LogP contribution in [0.25, 0.3) is 0 Å². The van der Waals surface area contributed by atoms with Crippen molar-refractivity contribution < 1.29 is 19.1 Å². The Labute approximate surface area is 257 Å². The molecule has 2 saturated heterocycles. The summed E-state index contributed by atoms with van der Waals surface area (Å²) in [5.41, 5.74) is 3.14. The molecule has 10 heteroatoms. The smallest absolute Gasteiger partial charge is 0.334 e. The Morgan fingerprint density at radius 3 is 2.19 bits per heavy atom. The number of ether oxygens (including phenoxy) is 1. The number of benzene rings is 3. The molecule has 0 spiro atoms. The average Bonchev–Trinajstić information content (AvgIpc) is 3.03. The Balaban J connectivity index is 1.43. The highest BCUT2D eigenvalue weighted by Crippen LogP contribution is 2.32. The summed E-state index contributed by atoms with van der Waals surface area (Å²) in [4.78, 5) is 44.9. The lowest BCUT2D eigenvalue weighted by atomic mass is 9.90. The lowest BCUT2D eigenvalue weighted by Gasteiger charge is -2.54. The van der Waals surface area contributed by atoms with Crippen LogP contribution in [0.2, 0.25) is 0 Å². The number of hydrogen-bond donors (Lipinski definition) is 1. The van der Waals surface area contributed by atoms with Gasteiger partial charge in [0.25, 0.3) is 0 Å². The highest BCUT2D eigenvalue weighted by Gasteiger charge is 2.50. The fourth-order valence-electron chi connectivity index (χ4n) is 5.97. The summed E-state index contributed by atoms with van der Waals surface area (Å²) in [5, 5.41) is 6.29. The monoisotopic (exact) mass is 601 g/mol. The fraction of sp³-hybridized carbons (Fsp3) is 0.364. The van der Waals surface area contributed by atoms with Gasteiger partial charge in [-0.15, -0.1) is 0 Å². The number of piperazine rings is 1. The minimum Gasteiger partial charge on any atom is -0.497 e. The number of amides is 4. The van der Waals surface area contributed by atoms with Crippen molar-refractivity contribution in [3.8, 4) is 5.75 Å². The first-order valence-corrected chi connectivity index (χ1v) is 15.9. The normalized spacial score (nSPS) is 19.0. The molecule has 3 aromatic carbocycles. The summed E-state index contributed by atoms with van der Waals surface area (Å²) >= 11 is 1.64. The van der Waals surface area contributed by atoms with E-state index in [0.29, 0.717) is 19.5 Å². The van der Waals surface area contributed by atoms with Gasteiger partial charge in [0, 0.05) is 26.1 Å². The molecule has 4 amide bonds. The minimum atomic E-state index is -0.642. The molecule has 5 rings (SSSR count). The molecule has 9 nitrogen and oxygen atoms in total. The highest BCUT2D eigenvalue weighted by molar-refractivity contribution is 7.98. The lowest BCUT2D eigenvalue weighted by Crippen LogP contribution is -2.76. The zero-order chi connectivity index (χ0) is 30.3. The van der Waals surface area contributed by atoms with E-state index in [4.69, 9.17) is 4.74 Å². The maximum Gasteiger partial charge on any atom is 0.334 e. The molecular formula is C33H39N5O4S. The maximum atomic E-state index is 14.1. The van der Waals surface area contributed by atoms with Crippen LogP contribution in [0.1, 0.15) is 29.0 Å². The van der Waals surface area contributed by atoms with Crippen LogP contribution in [0.3, 0.4) is 0 Å². The second-order valence-electron chi connectivity index (χ2n) is 10.9. The van der Waals surface area contributed by atoms with Gasteiger partial charge < -0.3 is 19.9 Å². The van der Waals surface area contributed by atoms with Crippen molar-refractivity contribution in [1.29, 1.82) is 0 Å². The second-order valence-corrected chi connectivity index (χ2v) is 11.8. The number of nitrogens with one attached hydrogen (secondary N) is 1. The van der Waals surface area contributed by atoms with Gasteiger partial charge in [-0.05, 0) is 47.3 Å². The van der Waals surface area contributed by atoms with Gasteiger partial charge >= 0.3 is 6.03 Å². The Morgan fingerprint density at radius 2 is 1.60 bits per heavy atom. The lowest BCUT2D eigenvalue weighted by molar-refractivity contribution is -0.187. The molecule has 2 aliphatic rings. The number of likely N-dealkylation sites (N-methyl/N-ethyl adjacent to an activating group) is 1. The molecule has 2 fully saturated rings. The van der Waals surface area contributed by atoms with E-state index in [9.17, 15) is 14.4 Å².